The van der Waals surface area contributed by atoms with Crippen molar-refractivity contribution in [2.24, 2.45) is 11.8 Å². The van der Waals surface area contributed by atoms with E-state index in [1.807, 2.05) is 55.5 Å². The van der Waals surface area contributed by atoms with Gasteiger partial charge in [0.15, 0.2) is 5.65 Å². The van der Waals surface area contributed by atoms with Crippen molar-refractivity contribution in [3.05, 3.63) is 93.9 Å². The van der Waals surface area contributed by atoms with Crippen LogP contribution < -0.4 is 15.8 Å². The molecule has 1 saturated heterocycles. The Balaban J connectivity index is 1.29. The molecule has 38 heavy (non-hydrogen) atoms. The lowest BCUT2D eigenvalue weighted by atomic mass is 9.75. The van der Waals surface area contributed by atoms with Crippen LogP contribution in [0.25, 0.3) is 16.7 Å². The first-order valence-electron chi connectivity index (χ1n) is 13.6. The van der Waals surface area contributed by atoms with Gasteiger partial charge in [0.25, 0.3) is 11.5 Å². The number of amides is 1. The number of carbonyl (C=O) groups excluding carboxylic acids is 1. The number of nitrogens with one attached hydrogen (secondary N) is 1. The summed E-state index contributed by atoms with van der Waals surface area (Å²) in [5, 5.41) is 3.81. The van der Waals surface area contributed by atoms with Crippen LogP contribution in [0.2, 0.25) is 0 Å². The van der Waals surface area contributed by atoms with E-state index in [0.29, 0.717) is 35.3 Å². The van der Waals surface area contributed by atoms with Crippen LogP contribution in [-0.4, -0.2) is 33.5 Å². The summed E-state index contributed by atoms with van der Waals surface area (Å²) in [6.07, 6.45) is 6.47. The Hall–Kier alpha value is -4.00. The number of benzene rings is 2. The Morgan fingerprint density at radius 3 is 2.47 bits per heavy atom. The van der Waals surface area contributed by atoms with Gasteiger partial charge in [-0.25, -0.2) is 4.98 Å². The van der Waals surface area contributed by atoms with E-state index in [1.54, 1.807) is 22.8 Å². The predicted molar refractivity (Wildman–Crippen MR) is 150 cm³/mol. The van der Waals surface area contributed by atoms with Gasteiger partial charge in [-0.2, -0.15) is 4.98 Å². The zero-order valence-electron chi connectivity index (χ0n) is 21.8. The standard InChI is InChI=1S/C31H33N5O2/c1-21-27-15-16-28(37)36(26-13-11-24(12-14-26)30(38)32-19-22-7-3-2-4-8-22)29(27)34-31(33-21)35-18-17-23-9-5-6-10-25(23)20-35/h2-4,7-8,11-16,23,25H,5-6,9-10,17-20H2,1H3,(H,32,38). The first-order valence-corrected chi connectivity index (χ1v) is 13.6. The molecule has 2 aromatic heterocycles. The van der Waals surface area contributed by atoms with Crippen molar-refractivity contribution in [1.82, 2.24) is 19.9 Å². The van der Waals surface area contributed by atoms with Crippen molar-refractivity contribution in [3.8, 4) is 5.69 Å². The Bertz CT molecular complexity index is 1510. The van der Waals surface area contributed by atoms with E-state index in [2.05, 4.69) is 10.2 Å². The number of aryl methyl sites for hydroxylation is 1. The number of fused-ring (bicyclic) bond motifs is 2. The number of hydrogen-bond acceptors (Lipinski definition) is 5. The molecule has 194 valence electrons. The third-order valence-corrected chi connectivity index (χ3v) is 8.19. The monoisotopic (exact) mass is 507 g/mol. The van der Waals surface area contributed by atoms with Crippen LogP contribution in [0.3, 0.4) is 0 Å². The van der Waals surface area contributed by atoms with Gasteiger partial charge < -0.3 is 10.2 Å². The first-order chi connectivity index (χ1) is 18.6. The van der Waals surface area contributed by atoms with Gasteiger partial charge in [-0.15, -0.1) is 0 Å². The average molecular weight is 508 g/mol. The number of nitrogens with zero attached hydrogens (tertiary/aromatic N) is 4. The topological polar surface area (TPSA) is 80.1 Å². The number of carbonyl (C=O) groups is 1. The lowest BCUT2D eigenvalue weighted by Gasteiger charge is -2.41. The summed E-state index contributed by atoms with van der Waals surface area (Å²) in [5.74, 6) is 2.08. The van der Waals surface area contributed by atoms with Gasteiger partial charge in [-0.1, -0.05) is 49.6 Å². The van der Waals surface area contributed by atoms with Crippen molar-refractivity contribution >= 4 is 22.9 Å². The summed E-state index contributed by atoms with van der Waals surface area (Å²) in [7, 11) is 0. The Morgan fingerprint density at radius 2 is 1.68 bits per heavy atom. The largest absolute Gasteiger partial charge is 0.348 e. The first kappa shape index (κ1) is 24.3. The molecule has 2 atom stereocenters. The molecule has 2 aromatic carbocycles. The molecule has 0 radical (unpaired) electrons. The van der Waals surface area contributed by atoms with Gasteiger partial charge in [-0.05, 0) is 67.5 Å². The molecule has 0 spiro atoms. The van der Waals surface area contributed by atoms with Gasteiger partial charge in [0.1, 0.15) is 0 Å². The maximum Gasteiger partial charge on any atom is 0.256 e. The number of piperidine rings is 1. The highest BCUT2D eigenvalue weighted by Gasteiger charge is 2.32. The van der Waals surface area contributed by atoms with E-state index in [9.17, 15) is 9.59 Å². The zero-order chi connectivity index (χ0) is 26.1. The van der Waals surface area contributed by atoms with E-state index in [4.69, 9.17) is 9.97 Å². The molecule has 7 heteroatoms. The maximum absolute atomic E-state index is 13.1. The maximum atomic E-state index is 13.1. The second-order valence-electron chi connectivity index (χ2n) is 10.6. The lowest BCUT2D eigenvalue weighted by molar-refractivity contribution is 0.0951. The van der Waals surface area contributed by atoms with E-state index in [-0.39, 0.29) is 11.5 Å². The highest BCUT2D eigenvalue weighted by Crippen LogP contribution is 2.37. The van der Waals surface area contributed by atoms with Crippen LogP contribution in [0.1, 0.15) is 53.7 Å². The van der Waals surface area contributed by atoms with Gasteiger partial charge in [0.05, 0.1) is 11.4 Å². The summed E-state index contributed by atoms with van der Waals surface area (Å²) < 4.78 is 1.63. The van der Waals surface area contributed by atoms with Gasteiger partial charge in [0, 0.05) is 36.7 Å². The van der Waals surface area contributed by atoms with E-state index < -0.39 is 0 Å². The van der Waals surface area contributed by atoms with Crippen molar-refractivity contribution in [2.45, 2.75) is 45.6 Å². The lowest BCUT2D eigenvalue weighted by Crippen LogP contribution is -2.42. The number of rotatable bonds is 5. The second-order valence-corrected chi connectivity index (χ2v) is 10.6. The minimum absolute atomic E-state index is 0.155. The molecule has 1 amide bonds. The highest BCUT2D eigenvalue weighted by molar-refractivity contribution is 5.94. The Morgan fingerprint density at radius 1 is 0.921 bits per heavy atom. The van der Waals surface area contributed by atoms with Crippen LogP contribution in [0.5, 0.6) is 0 Å². The molecule has 1 N–H and O–H groups in total. The Labute approximate surface area is 222 Å². The van der Waals surface area contributed by atoms with Gasteiger partial charge in [-0.3, -0.25) is 14.2 Å². The summed E-state index contributed by atoms with van der Waals surface area (Å²) in [6.45, 7) is 4.38. The summed E-state index contributed by atoms with van der Waals surface area (Å²) >= 11 is 0. The summed E-state index contributed by atoms with van der Waals surface area (Å²) in [5.41, 5.74) is 3.57. The number of hydrogen-bond donors (Lipinski definition) is 1. The van der Waals surface area contributed by atoms with Crippen molar-refractivity contribution in [3.63, 3.8) is 0 Å². The van der Waals surface area contributed by atoms with Crippen LogP contribution in [0.15, 0.2) is 71.5 Å². The fourth-order valence-electron chi connectivity index (χ4n) is 6.07. The normalized spacial score (nSPS) is 19.2. The smallest absolute Gasteiger partial charge is 0.256 e. The molecular formula is C31H33N5O2. The van der Waals surface area contributed by atoms with Gasteiger partial charge >= 0.3 is 0 Å². The molecular weight excluding hydrogens is 474 g/mol. The van der Waals surface area contributed by atoms with E-state index in [0.717, 1.165) is 35.7 Å². The molecule has 7 nitrogen and oxygen atoms in total. The molecule has 2 unspecified atom stereocenters. The third kappa shape index (κ3) is 4.80. The molecule has 2 aliphatic rings. The third-order valence-electron chi connectivity index (χ3n) is 8.19. The fraction of sp³-hybridized carbons (Fsp3) is 0.355. The van der Waals surface area contributed by atoms with E-state index >= 15 is 0 Å². The van der Waals surface area contributed by atoms with Crippen LogP contribution >= 0.6 is 0 Å². The molecule has 2 fully saturated rings. The predicted octanol–water partition coefficient (Wildman–Crippen LogP) is 5.04. The molecule has 4 aromatic rings. The minimum atomic E-state index is -0.159. The summed E-state index contributed by atoms with van der Waals surface area (Å²) in [4.78, 5) is 37.9. The van der Waals surface area contributed by atoms with Crippen LogP contribution in [0, 0.1) is 18.8 Å². The second kappa shape index (κ2) is 10.4. The molecule has 0 bridgehead atoms. The SMILES string of the molecule is Cc1nc(N2CCC3CCCCC3C2)nc2c1ccc(=O)n2-c1ccc(C(=O)NCc2ccccc2)cc1. The zero-order valence-corrected chi connectivity index (χ0v) is 21.8. The molecule has 6 rings (SSSR count). The van der Waals surface area contributed by atoms with Crippen molar-refractivity contribution < 1.29 is 4.79 Å². The quantitative estimate of drug-likeness (QED) is 0.410. The molecule has 3 heterocycles. The van der Waals surface area contributed by atoms with Crippen LogP contribution in [0.4, 0.5) is 5.95 Å². The molecule has 1 saturated carbocycles. The van der Waals surface area contributed by atoms with Crippen molar-refractivity contribution in [2.75, 3.05) is 18.0 Å². The van der Waals surface area contributed by atoms with Gasteiger partial charge in [0.2, 0.25) is 5.95 Å². The number of pyridine rings is 1. The number of anilines is 1. The Kier molecular flexibility index (Phi) is 6.66. The van der Waals surface area contributed by atoms with E-state index in [1.165, 1.54) is 32.1 Å². The number of aromatic nitrogens is 3. The average Bonchev–Trinajstić information content (AvgIpc) is 2.96. The minimum Gasteiger partial charge on any atom is -0.348 e. The van der Waals surface area contributed by atoms with Crippen LogP contribution in [-0.2, 0) is 6.54 Å². The van der Waals surface area contributed by atoms with Crippen molar-refractivity contribution in [1.29, 1.82) is 0 Å². The highest BCUT2D eigenvalue weighted by atomic mass is 16.1. The molecule has 1 aliphatic heterocycles. The molecule has 1 aliphatic carbocycles. The fourth-order valence-corrected chi connectivity index (χ4v) is 6.07. The summed E-state index contributed by atoms with van der Waals surface area (Å²) in [6, 6.07) is 20.3.